The summed E-state index contributed by atoms with van der Waals surface area (Å²) in [6, 6.07) is 0. The lowest BCUT2D eigenvalue weighted by atomic mass is 10.1. The summed E-state index contributed by atoms with van der Waals surface area (Å²) in [4.78, 5) is 22.4. The SMILES string of the molecule is CCOC(C)CNC(=O)CCCN1CCCCC1.O=CO. The standard InChI is InChI=1S/C14H28N2O2.CH2O2/c1-3-18-13(2)12-15-14(17)8-7-11-16-9-5-4-6-10-16;2-1-3/h13H,3-12H2,1-2H3,(H,15,17);1H,(H,2,3). The highest BCUT2D eigenvalue weighted by molar-refractivity contribution is 5.75. The summed E-state index contributed by atoms with van der Waals surface area (Å²) < 4.78 is 5.37. The van der Waals surface area contributed by atoms with E-state index in [1.165, 1.54) is 32.4 Å². The van der Waals surface area contributed by atoms with E-state index in [0.717, 1.165) is 13.0 Å². The summed E-state index contributed by atoms with van der Waals surface area (Å²) in [6.45, 7) is 8.51. The molecule has 21 heavy (non-hydrogen) atoms. The molecule has 6 nitrogen and oxygen atoms in total. The number of hydrogen-bond donors (Lipinski definition) is 2. The zero-order chi connectivity index (χ0) is 15.9. The van der Waals surface area contributed by atoms with E-state index in [-0.39, 0.29) is 18.5 Å². The van der Waals surface area contributed by atoms with Gasteiger partial charge in [-0.15, -0.1) is 0 Å². The van der Waals surface area contributed by atoms with Crippen LogP contribution in [0.25, 0.3) is 0 Å². The largest absolute Gasteiger partial charge is 0.483 e. The van der Waals surface area contributed by atoms with Gasteiger partial charge < -0.3 is 20.1 Å². The van der Waals surface area contributed by atoms with Crippen LogP contribution >= 0.6 is 0 Å². The Balaban J connectivity index is 0.00000122. The summed E-state index contributed by atoms with van der Waals surface area (Å²) >= 11 is 0. The van der Waals surface area contributed by atoms with Gasteiger partial charge in [0.15, 0.2) is 0 Å². The summed E-state index contributed by atoms with van der Waals surface area (Å²) in [5.74, 6) is 0.151. The summed E-state index contributed by atoms with van der Waals surface area (Å²) in [7, 11) is 0. The molecule has 0 aromatic heterocycles. The number of ether oxygens (including phenoxy) is 1. The fourth-order valence-electron chi connectivity index (χ4n) is 2.34. The van der Waals surface area contributed by atoms with E-state index < -0.39 is 0 Å². The van der Waals surface area contributed by atoms with Crippen LogP contribution in [0.15, 0.2) is 0 Å². The number of likely N-dealkylation sites (tertiary alicyclic amines) is 1. The number of carbonyl (C=O) groups excluding carboxylic acids is 1. The van der Waals surface area contributed by atoms with Crippen molar-refractivity contribution in [3.8, 4) is 0 Å². The summed E-state index contributed by atoms with van der Waals surface area (Å²) in [5.41, 5.74) is 0. The first-order valence-corrected chi connectivity index (χ1v) is 7.82. The zero-order valence-corrected chi connectivity index (χ0v) is 13.3. The first kappa shape index (κ1) is 19.9. The van der Waals surface area contributed by atoms with Crippen LogP contribution in [0, 0.1) is 0 Å². The fraction of sp³-hybridized carbons (Fsp3) is 0.867. The topological polar surface area (TPSA) is 78.9 Å². The van der Waals surface area contributed by atoms with Crippen LogP contribution in [-0.4, -0.2) is 61.3 Å². The fourth-order valence-corrected chi connectivity index (χ4v) is 2.34. The molecule has 1 atom stereocenters. The van der Waals surface area contributed by atoms with Crippen molar-refractivity contribution >= 4 is 12.4 Å². The zero-order valence-electron chi connectivity index (χ0n) is 13.3. The number of amides is 1. The van der Waals surface area contributed by atoms with Gasteiger partial charge in [0.05, 0.1) is 6.10 Å². The molecule has 0 aromatic carbocycles. The van der Waals surface area contributed by atoms with Crippen LogP contribution in [0.5, 0.6) is 0 Å². The van der Waals surface area contributed by atoms with Crippen molar-refractivity contribution in [3.63, 3.8) is 0 Å². The van der Waals surface area contributed by atoms with Gasteiger partial charge in [-0.2, -0.15) is 0 Å². The minimum atomic E-state index is -0.250. The van der Waals surface area contributed by atoms with Gasteiger partial charge in [0.1, 0.15) is 0 Å². The molecule has 1 fully saturated rings. The van der Waals surface area contributed by atoms with E-state index >= 15 is 0 Å². The molecule has 0 aromatic rings. The molecule has 1 unspecified atom stereocenters. The average Bonchev–Trinajstić information content (AvgIpc) is 2.47. The van der Waals surface area contributed by atoms with Gasteiger partial charge in [-0.25, -0.2) is 0 Å². The van der Waals surface area contributed by atoms with Crippen molar-refractivity contribution < 1.29 is 19.4 Å². The molecular formula is C15H30N2O4. The van der Waals surface area contributed by atoms with Gasteiger partial charge in [0.2, 0.25) is 5.91 Å². The smallest absolute Gasteiger partial charge is 0.290 e. The Morgan fingerprint density at radius 1 is 1.38 bits per heavy atom. The minimum absolute atomic E-state index is 0.112. The van der Waals surface area contributed by atoms with Gasteiger partial charge in [0, 0.05) is 19.6 Å². The second-order valence-corrected chi connectivity index (χ2v) is 5.18. The van der Waals surface area contributed by atoms with Crippen molar-refractivity contribution in [1.82, 2.24) is 10.2 Å². The molecule has 1 aliphatic heterocycles. The Morgan fingerprint density at radius 3 is 2.57 bits per heavy atom. The summed E-state index contributed by atoms with van der Waals surface area (Å²) in [5, 5.41) is 9.81. The van der Waals surface area contributed by atoms with E-state index in [0.29, 0.717) is 19.6 Å². The van der Waals surface area contributed by atoms with E-state index in [1.807, 2.05) is 13.8 Å². The Hall–Kier alpha value is -1.14. The predicted octanol–water partition coefficient (Wildman–Crippen LogP) is 1.49. The Labute approximate surface area is 127 Å². The molecular weight excluding hydrogens is 272 g/mol. The van der Waals surface area contributed by atoms with Gasteiger partial charge in [-0.3, -0.25) is 9.59 Å². The Bertz CT molecular complexity index is 268. The number of nitrogens with zero attached hydrogens (tertiary/aromatic N) is 1. The second kappa shape index (κ2) is 13.8. The van der Waals surface area contributed by atoms with E-state index in [9.17, 15) is 4.79 Å². The number of hydrogen-bond acceptors (Lipinski definition) is 4. The first-order chi connectivity index (χ1) is 10.1. The van der Waals surface area contributed by atoms with E-state index in [4.69, 9.17) is 14.6 Å². The molecule has 1 amide bonds. The molecule has 2 N–H and O–H groups in total. The maximum Gasteiger partial charge on any atom is 0.290 e. The highest BCUT2D eigenvalue weighted by Crippen LogP contribution is 2.09. The molecule has 124 valence electrons. The number of carbonyl (C=O) groups is 2. The second-order valence-electron chi connectivity index (χ2n) is 5.18. The van der Waals surface area contributed by atoms with Crippen molar-refractivity contribution in [2.75, 3.05) is 32.8 Å². The van der Waals surface area contributed by atoms with Gasteiger partial charge >= 0.3 is 0 Å². The van der Waals surface area contributed by atoms with Crippen LogP contribution in [0.1, 0.15) is 46.0 Å². The third-order valence-electron chi connectivity index (χ3n) is 3.36. The van der Waals surface area contributed by atoms with Gasteiger partial charge in [0.25, 0.3) is 6.47 Å². The molecule has 0 radical (unpaired) electrons. The lowest BCUT2D eigenvalue weighted by molar-refractivity contribution is -0.123. The van der Waals surface area contributed by atoms with Crippen LogP contribution in [0.4, 0.5) is 0 Å². The lowest BCUT2D eigenvalue weighted by Gasteiger charge is -2.26. The molecule has 1 rings (SSSR count). The number of rotatable bonds is 8. The lowest BCUT2D eigenvalue weighted by Crippen LogP contribution is -2.34. The molecule has 0 aliphatic carbocycles. The van der Waals surface area contributed by atoms with Crippen LogP contribution in [-0.2, 0) is 14.3 Å². The van der Waals surface area contributed by atoms with Crippen LogP contribution in [0.3, 0.4) is 0 Å². The van der Waals surface area contributed by atoms with E-state index in [1.54, 1.807) is 0 Å². The molecule has 1 aliphatic rings. The molecule has 1 heterocycles. The molecule has 0 spiro atoms. The minimum Gasteiger partial charge on any atom is -0.483 e. The molecule has 0 bridgehead atoms. The maximum absolute atomic E-state index is 11.6. The van der Waals surface area contributed by atoms with E-state index in [2.05, 4.69) is 10.2 Å². The van der Waals surface area contributed by atoms with Gasteiger partial charge in [-0.05, 0) is 52.7 Å². The molecule has 1 saturated heterocycles. The maximum atomic E-state index is 11.6. The first-order valence-electron chi connectivity index (χ1n) is 7.82. The highest BCUT2D eigenvalue weighted by atomic mass is 16.5. The third kappa shape index (κ3) is 12.3. The number of piperidine rings is 1. The molecule has 0 saturated carbocycles. The third-order valence-corrected chi connectivity index (χ3v) is 3.36. The number of nitrogens with one attached hydrogen (secondary N) is 1. The van der Waals surface area contributed by atoms with Gasteiger partial charge in [-0.1, -0.05) is 6.42 Å². The normalized spacial score (nSPS) is 16.5. The molecule has 6 heteroatoms. The Morgan fingerprint density at radius 2 is 2.00 bits per heavy atom. The van der Waals surface area contributed by atoms with Crippen molar-refractivity contribution in [2.24, 2.45) is 0 Å². The monoisotopic (exact) mass is 302 g/mol. The van der Waals surface area contributed by atoms with Crippen molar-refractivity contribution in [1.29, 1.82) is 0 Å². The van der Waals surface area contributed by atoms with Crippen molar-refractivity contribution in [2.45, 2.75) is 52.1 Å². The summed E-state index contributed by atoms with van der Waals surface area (Å²) in [6.07, 6.45) is 5.72. The Kier molecular flexibility index (Phi) is 13.1. The highest BCUT2D eigenvalue weighted by Gasteiger charge is 2.10. The van der Waals surface area contributed by atoms with Crippen LogP contribution in [0.2, 0.25) is 0 Å². The average molecular weight is 302 g/mol. The number of carboxylic acid groups (broad SMARTS) is 1. The van der Waals surface area contributed by atoms with Crippen LogP contribution < -0.4 is 5.32 Å². The quantitative estimate of drug-likeness (QED) is 0.664. The van der Waals surface area contributed by atoms with Crippen molar-refractivity contribution in [3.05, 3.63) is 0 Å². The predicted molar refractivity (Wildman–Crippen MR) is 82.3 cm³/mol.